The fourth-order valence-corrected chi connectivity index (χ4v) is 4.35. The van der Waals surface area contributed by atoms with Gasteiger partial charge in [0.2, 0.25) is 5.56 Å². The maximum Gasteiger partial charge on any atom is 3.00 e. The average Bonchev–Trinajstić information content (AvgIpc) is 2.71. The molecule has 0 atom stereocenters. The van der Waals surface area contributed by atoms with E-state index in [9.17, 15) is 4.79 Å². The van der Waals surface area contributed by atoms with E-state index in [0.717, 1.165) is 5.19 Å². The average molecular weight is 339 g/mol. The first-order chi connectivity index (χ1) is 7.12. The molecule has 2 rings (SSSR count). The molecule has 0 bridgehead atoms. The summed E-state index contributed by atoms with van der Waals surface area (Å²) in [6.07, 6.45) is 1.68. The molecule has 18 heavy (non-hydrogen) atoms. The number of halogens is 2. The summed E-state index contributed by atoms with van der Waals surface area (Å²) in [6, 6.07) is 12.1. The third-order valence-corrected chi connectivity index (χ3v) is 6.39. The second-order valence-electron chi connectivity index (χ2n) is 4.21. The summed E-state index contributed by atoms with van der Waals surface area (Å²) in [7, 11) is -1.79. The SMILES string of the molecule is C[Si](C)(c1ccc[nH]c1=O)[c-]1cccc1.[Cl-].[Cl-].[Cr+3]. The molecule has 1 N–H and O–H groups in total. The van der Waals surface area contributed by atoms with Crippen LogP contribution in [0.4, 0.5) is 0 Å². The summed E-state index contributed by atoms with van der Waals surface area (Å²) in [5.41, 5.74) is 0.0513. The number of H-pyrrole nitrogens is 1. The summed E-state index contributed by atoms with van der Waals surface area (Å²) < 4.78 is 0. The van der Waals surface area contributed by atoms with Crippen LogP contribution in [-0.4, -0.2) is 13.1 Å². The van der Waals surface area contributed by atoms with Crippen LogP contribution in [0.15, 0.2) is 47.4 Å². The van der Waals surface area contributed by atoms with Crippen molar-refractivity contribution in [1.29, 1.82) is 0 Å². The standard InChI is InChI=1S/C12H14NOSi.2ClH.Cr/c1-15(2,10-6-3-4-7-10)11-8-5-9-13-12(11)14;;;/h3-9H,1-2H3,(H,13,14);2*1H;/q-1;;;+3/p-2. The molecular weight excluding hydrogens is 325 g/mol. The molecule has 2 aromatic rings. The molecule has 0 aliphatic rings. The zero-order chi connectivity index (χ0) is 10.9. The van der Waals surface area contributed by atoms with Gasteiger partial charge in [-0.3, -0.25) is 4.79 Å². The van der Waals surface area contributed by atoms with Crippen LogP contribution in [0.3, 0.4) is 0 Å². The van der Waals surface area contributed by atoms with Crippen molar-refractivity contribution in [1.82, 2.24) is 4.98 Å². The van der Waals surface area contributed by atoms with E-state index in [4.69, 9.17) is 0 Å². The summed E-state index contributed by atoms with van der Waals surface area (Å²) in [4.78, 5) is 14.5. The fourth-order valence-electron chi connectivity index (χ4n) is 1.86. The van der Waals surface area contributed by atoms with Gasteiger partial charge in [0.15, 0.2) is 0 Å². The van der Waals surface area contributed by atoms with Crippen molar-refractivity contribution in [3.8, 4) is 0 Å². The molecule has 97 valence electrons. The number of hydrogen-bond acceptors (Lipinski definition) is 1. The quantitative estimate of drug-likeness (QED) is 0.431. The van der Waals surface area contributed by atoms with Gasteiger partial charge < -0.3 is 29.8 Å². The molecule has 0 aliphatic heterocycles. The van der Waals surface area contributed by atoms with Gasteiger partial charge in [-0.1, -0.05) is 19.2 Å². The van der Waals surface area contributed by atoms with Crippen LogP contribution in [0.1, 0.15) is 0 Å². The zero-order valence-electron chi connectivity index (χ0n) is 10.1. The number of hydrogen-bond donors (Lipinski definition) is 1. The van der Waals surface area contributed by atoms with Crippen LogP contribution in [0, 0.1) is 0 Å². The Bertz CT molecular complexity index is 511. The minimum atomic E-state index is -1.79. The van der Waals surface area contributed by atoms with Gasteiger partial charge >= 0.3 is 17.4 Å². The Hall–Kier alpha value is -0.371. The Kier molecular flexibility index (Phi) is 8.80. The van der Waals surface area contributed by atoms with Crippen molar-refractivity contribution in [2.24, 2.45) is 0 Å². The van der Waals surface area contributed by atoms with Crippen LogP contribution < -0.4 is 40.7 Å². The van der Waals surface area contributed by atoms with Gasteiger partial charge in [0, 0.05) is 6.20 Å². The van der Waals surface area contributed by atoms with Gasteiger partial charge in [-0.15, -0.1) is 0 Å². The fraction of sp³-hybridized carbons (Fsp3) is 0.167. The topological polar surface area (TPSA) is 32.9 Å². The number of pyridine rings is 1. The zero-order valence-corrected chi connectivity index (χ0v) is 13.9. The summed E-state index contributed by atoms with van der Waals surface area (Å²) in [5, 5.41) is 2.25. The minimum absolute atomic E-state index is 0. The van der Waals surface area contributed by atoms with Crippen molar-refractivity contribution in [2.45, 2.75) is 13.1 Å². The molecule has 0 spiro atoms. The molecule has 1 aromatic carbocycles. The van der Waals surface area contributed by atoms with Gasteiger partial charge in [0.25, 0.3) is 0 Å². The molecule has 2 nitrogen and oxygen atoms in total. The predicted octanol–water partition coefficient (Wildman–Crippen LogP) is -5.08. The molecule has 1 radical (unpaired) electrons. The normalized spacial score (nSPS) is 9.67. The van der Waals surface area contributed by atoms with E-state index >= 15 is 0 Å². The van der Waals surface area contributed by atoms with Crippen molar-refractivity contribution in [3.05, 3.63) is 52.9 Å². The van der Waals surface area contributed by atoms with Crippen LogP contribution in [0.2, 0.25) is 13.1 Å². The van der Waals surface area contributed by atoms with Crippen molar-refractivity contribution in [2.75, 3.05) is 0 Å². The first-order valence-electron chi connectivity index (χ1n) is 5.03. The van der Waals surface area contributed by atoms with Crippen molar-refractivity contribution >= 4 is 18.4 Å². The van der Waals surface area contributed by atoms with Crippen LogP contribution in [0.5, 0.6) is 0 Å². The maximum absolute atomic E-state index is 11.7. The smallest absolute Gasteiger partial charge is 1.00 e. The third kappa shape index (κ3) is 3.81. The van der Waals surface area contributed by atoms with Crippen molar-refractivity contribution in [3.63, 3.8) is 0 Å². The van der Waals surface area contributed by atoms with Gasteiger partial charge in [-0.2, -0.15) is 17.3 Å². The molecule has 1 heterocycles. The Morgan fingerprint density at radius 1 is 1.11 bits per heavy atom. The van der Waals surface area contributed by atoms with E-state index in [-0.39, 0.29) is 47.7 Å². The third-order valence-electron chi connectivity index (χ3n) is 2.88. The first kappa shape index (κ1) is 20.0. The Balaban J connectivity index is 0. The van der Waals surface area contributed by atoms with E-state index in [1.165, 1.54) is 5.19 Å². The molecule has 0 aliphatic carbocycles. The number of nitrogens with one attached hydrogen (secondary N) is 1. The Morgan fingerprint density at radius 3 is 2.17 bits per heavy atom. The number of aromatic amines is 1. The predicted molar refractivity (Wildman–Crippen MR) is 65.8 cm³/mol. The van der Waals surface area contributed by atoms with E-state index in [2.05, 4.69) is 30.2 Å². The molecule has 0 saturated heterocycles. The molecule has 0 fully saturated rings. The van der Waals surface area contributed by atoms with E-state index in [1.54, 1.807) is 6.20 Å². The van der Waals surface area contributed by atoms with Gasteiger partial charge in [-0.05, 0) is 11.3 Å². The molecular formula is C12H14Cl2CrNOSi. The molecule has 0 unspecified atom stereocenters. The molecule has 6 heteroatoms. The summed E-state index contributed by atoms with van der Waals surface area (Å²) in [6.45, 7) is 4.40. The Labute approximate surface area is 131 Å². The van der Waals surface area contributed by atoms with Gasteiger partial charge in [0.05, 0.1) is 8.07 Å². The molecule has 0 amide bonds. The summed E-state index contributed by atoms with van der Waals surface area (Å²) in [5.74, 6) is 0. The van der Waals surface area contributed by atoms with E-state index in [1.807, 2.05) is 24.3 Å². The van der Waals surface area contributed by atoms with Gasteiger partial charge in [0.1, 0.15) is 0 Å². The van der Waals surface area contributed by atoms with Crippen LogP contribution in [-0.2, 0) is 17.4 Å². The second-order valence-corrected chi connectivity index (χ2v) is 8.58. The summed E-state index contributed by atoms with van der Waals surface area (Å²) >= 11 is 0. The number of rotatable bonds is 2. The van der Waals surface area contributed by atoms with E-state index < -0.39 is 8.07 Å². The first-order valence-corrected chi connectivity index (χ1v) is 8.03. The second kappa shape index (κ2) is 7.93. The van der Waals surface area contributed by atoms with Gasteiger partial charge in [-0.25, -0.2) is 12.1 Å². The molecule has 0 saturated carbocycles. The monoisotopic (exact) mass is 338 g/mol. The van der Waals surface area contributed by atoms with Crippen LogP contribution >= 0.6 is 0 Å². The van der Waals surface area contributed by atoms with E-state index in [0.29, 0.717) is 0 Å². The molecule has 1 aromatic heterocycles. The maximum atomic E-state index is 11.7. The number of aromatic nitrogens is 1. The Morgan fingerprint density at radius 2 is 1.67 bits per heavy atom. The minimum Gasteiger partial charge on any atom is -1.00 e. The van der Waals surface area contributed by atoms with Crippen LogP contribution in [0.25, 0.3) is 0 Å². The van der Waals surface area contributed by atoms with Crippen molar-refractivity contribution < 1.29 is 42.2 Å². The largest absolute Gasteiger partial charge is 3.00 e.